The fourth-order valence-electron chi connectivity index (χ4n) is 0.645. The van der Waals surface area contributed by atoms with E-state index in [1.807, 2.05) is 0 Å². The summed E-state index contributed by atoms with van der Waals surface area (Å²) in [6.07, 6.45) is 0.577. The molecule has 0 saturated heterocycles. The molecule has 0 aliphatic rings. The Balaban J connectivity index is 3.36. The predicted octanol–water partition coefficient (Wildman–Crippen LogP) is 2.51. The molecule has 0 aliphatic heterocycles. The van der Waals surface area contributed by atoms with Crippen molar-refractivity contribution in [1.29, 1.82) is 0 Å². The first kappa shape index (κ1) is 8.37. The van der Waals surface area contributed by atoms with Crippen LogP contribution in [0.3, 0.4) is 0 Å². The number of hydrogen-bond donors (Lipinski definition) is 1. The molecule has 0 atom stereocenters. The summed E-state index contributed by atoms with van der Waals surface area (Å²) in [5.74, 6) is -0.123. The van der Waals surface area contributed by atoms with Gasteiger partial charge in [0.15, 0.2) is 6.29 Å². The highest BCUT2D eigenvalue weighted by Crippen LogP contribution is 2.32. The third-order valence-electron chi connectivity index (χ3n) is 1.22. The number of halogens is 2. The molecule has 0 fully saturated rings. The van der Waals surface area contributed by atoms with Crippen LogP contribution in [0.15, 0.2) is 12.1 Å². The standard InChI is InChI=1S/C7H4Cl2O2/c8-6-4(3-10)1-2-5(11)7(6)9/h1-3,11H. The van der Waals surface area contributed by atoms with E-state index in [2.05, 4.69) is 0 Å². The van der Waals surface area contributed by atoms with Gasteiger partial charge in [0.25, 0.3) is 0 Å². The Kier molecular flexibility index (Phi) is 2.37. The lowest BCUT2D eigenvalue weighted by Gasteiger charge is -1.99. The molecule has 0 aliphatic carbocycles. The highest BCUT2D eigenvalue weighted by atomic mass is 35.5. The summed E-state index contributed by atoms with van der Waals surface area (Å²) in [5, 5.41) is 9.08. The van der Waals surface area contributed by atoms with Crippen molar-refractivity contribution in [2.24, 2.45) is 0 Å². The lowest BCUT2D eigenvalue weighted by Crippen LogP contribution is -1.82. The van der Waals surface area contributed by atoms with Crippen LogP contribution in [0.2, 0.25) is 10.0 Å². The van der Waals surface area contributed by atoms with Crippen molar-refractivity contribution in [1.82, 2.24) is 0 Å². The first-order valence-electron chi connectivity index (χ1n) is 2.79. The summed E-state index contributed by atoms with van der Waals surface area (Å²) in [6.45, 7) is 0. The van der Waals surface area contributed by atoms with Gasteiger partial charge in [-0.15, -0.1) is 0 Å². The second kappa shape index (κ2) is 3.11. The van der Waals surface area contributed by atoms with E-state index in [0.29, 0.717) is 6.29 Å². The Labute approximate surface area is 73.4 Å². The second-order valence-corrected chi connectivity index (χ2v) is 2.68. The number of aldehydes is 1. The van der Waals surface area contributed by atoms with Gasteiger partial charge in [-0.2, -0.15) is 0 Å². The van der Waals surface area contributed by atoms with Crippen LogP contribution < -0.4 is 0 Å². The van der Waals surface area contributed by atoms with Gasteiger partial charge >= 0.3 is 0 Å². The quantitative estimate of drug-likeness (QED) is 0.692. The van der Waals surface area contributed by atoms with Crippen molar-refractivity contribution in [2.45, 2.75) is 0 Å². The molecule has 0 spiro atoms. The minimum Gasteiger partial charge on any atom is -0.506 e. The highest BCUT2D eigenvalue weighted by molar-refractivity contribution is 6.44. The molecule has 4 heteroatoms. The molecule has 1 N–H and O–H groups in total. The van der Waals surface area contributed by atoms with E-state index < -0.39 is 0 Å². The lowest BCUT2D eigenvalue weighted by atomic mass is 10.2. The maximum Gasteiger partial charge on any atom is 0.151 e. The first-order chi connectivity index (χ1) is 5.16. The van der Waals surface area contributed by atoms with Crippen molar-refractivity contribution in [2.75, 3.05) is 0 Å². The zero-order chi connectivity index (χ0) is 8.43. The van der Waals surface area contributed by atoms with Gasteiger partial charge < -0.3 is 5.11 Å². The molecule has 1 rings (SSSR count). The Hall–Kier alpha value is -0.730. The minimum absolute atomic E-state index is 0.0104. The van der Waals surface area contributed by atoms with Crippen molar-refractivity contribution >= 4 is 29.5 Å². The lowest BCUT2D eigenvalue weighted by molar-refractivity contribution is 0.112. The minimum atomic E-state index is -0.123. The van der Waals surface area contributed by atoms with E-state index in [1.165, 1.54) is 12.1 Å². The Morgan fingerprint density at radius 1 is 1.27 bits per heavy atom. The van der Waals surface area contributed by atoms with Crippen LogP contribution in [-0.4, -0.2) is 11.4 Å². The number of carbonyl (C=O) groups is 1. The number of rotatable bonds is 1. The molecular formula is C7H4Cl2O2. The van der Waals surface area contributed by atoms with E-state index in [0.717, 1.165) is 0 Å². The number of carbonyl (C=O) groups excluding carboxylic acids is 1. The molecule has 0 unspecified atom stereocenters. The Morgan fingerprint density at radius 3 is 2.45 bits per heavy atom. The van der Waals surface area contributed by atoms with Crippen molar-refractivity contribution in [3.05, 3.63) is 27.7 Å². The third kappa shape index (κ3) is 1.47. The molecule has 58 valence electrons. The van der Waals surface area contributed by atoms with Gasteiger partial charge in [-0.3, -0.25) is 4.79 Å². The average molecular weight is 191 g/mol. The fraction of sp³-hybridized carbons (Fsp3) is 0. The maximum atomic E-state index is 10.3. The summed E-state index contributed by atoms with van der Waals surface area (Å²) in [6, 6.07) is 2.72. The highest BCUT2D eigenvalue weighted by Gasteiger charge is 2.07. The summed E-state index contributed by atoms with van der Waals surface area (Å²) in [5.41, 5.74) is 0.273. The summed E-state index contributed by atoms with van der Waals surface area (Å²) >= 11 is 11.1. The molecule has 1 aromatic carbocycles. The zero-order valence-electron chi connectivity index (χ0n) is 5.34. The maximum absolute atomic E-state index is 10.3. The average Bonchev–Trinajstić information content (AvgIpc) is 2.01. The molecule has 0 bridgehead atoms. The molecule has 0 saturated carbocycles. The van der Waals surface area contributed by atoms with Gasteiger partial charge in [0.1, 0.15) is 10.8 Å². The predicted molar refractivity (Wildman–Crippen MR) is 43.5 cm³/mol. The number of phenols is 1. The van der Waals surface area contributed by atoms with E-state index in [9.17, 15) is 4.79 Å². The van der Waals surface area contributed by atoms with Crippen molar-refractivity contribution < 1.29 is 9.90 Å². The van der Waals surface area contributed by atoms with Crippen LogP contribution in [0, 0.1) is 0 Å². The van der Waals surface area contributed by atoms with Crippen molar-refractivity contribution in [3.63, 3.8) is 0 Å². The van der Waals surface area contributed by atoms with Crippen LogP contribution in [-0.2, 0) is 0 Å². The number of hydrogen-bond acceptors (Lipinski definition) is 2. The molecule has 0 heterocycles. The second-order valence-electron chi connectivity index (χ2n) is 1.92. The van der Waals surface area contributed by atoms with E-state index in [4.69, 9.17) is 28.3 Å². The van der Waals surface area contributed by atoms with Gasteiger partial charge in [-0.25, -0.2) is 0 Å². The molecule has 11 heavy (non-hydrogen) atoms. The van der Waals surface area contributed by atoms with Crippen LogP contribution in [0.25, 0.3) is 0 Å². The van der Waals surface area contributed by atoms with Gasteiger partial charge in [0, 0.05) is 5.56 Å². The molecule has 1 aromatic rings. The molecular weight excluding hydrogens is 187 g/mol. The number of phenolic OH excluding ortho intramolecular Hbond substituents is 1. The summed E-state index contributed by atoms with van der Waals surface area (Å²) < 4.78 is 0. The Morgan fingerprint density at radius 2 is 1.91 bits per heavy atom. The third-order valence-corrected chi connectivity index (χ3v) is 2.11. The summed E-state index contributed by atoms with van der Waals surface area (Å²) in [7, 11) is 0. The van der Waals surface area contributed by atoms with Gasteiger partial charge in [-0.05, 0) is 12.1 Å². The van der Waals surface area contributed by atoms with Crippen LogP contribution in [0.4, 0.5) is 0 Å². The first-order valence-corrected chi connectivity index (χ1v) is 3.54. The Bertz CT molecular complexity index is 297. The number of aromatic hydroxyl groups is 1. The zero-order valence-corrected chi connectivity index (χ0v) is 6.86. The normalized spacial score (nSPS) is 9.64. The van der Waals surface area contributed by atoms with Crippen LogP contribution in [0.1, 0.15) is 10.4 Å². The number of benzene rings is 1. The smallest absolute Gasteiger partial charge is 0.151 e. The van der Waals surface area contributed by atoms with Gasteiger partial charge in [0.05, 0.1) is 5.02 Å². The molecule has 0 aromatic heterocycles. The SMILES string of the molecule is O=Cc1ccc(O)c(Cl)c1Cl. The van der Waals surface area contributed by atoms with Crippen molar-refractivity contribution in [3.8, 4) is 5.75 Å². The molecule has 0 amide bonds. The summed E-state index contributed by atoms with van der Waals surface area (Å²) in [4.78, 5) is 10.3. The van der Waals surface area contributed by atoms with E-state index in [1.54, 1.807) is 0 Å². The van der Waals surface area contributed by atoms with Crippen LogP contribution in [0.5, 0.6) is 5.75 Å². The topological polar surface area (TPSA) is 37.3 Å². The van der Waals surface area contributed by atoms with E-state index in [-0.39, 0.29) is 21.4 Å². The monoisotopic (exact) mass is 190 g/mol. The van der Waals surface area contributed by atoms with Gasteiger partial charge in [0.2, 0.25) is 0 Å². The van der Waals surface area contributed by atoms with Crippen LogP contribution >= 0.6 is 23.2 Å². The van der Waals surface area contributed by atoms with E-state index >= 15 is 0 Å². The fourth-order valence-corrected chi connectivity index (χ4v) is 1.02. The largest absolute Gasteiger partial charge is 0.506 e. The molecule has 0 radical (unpaired) electrons. The van der Waals surface area contributed by atoms with Gasteiger partial charge in [-0.1, -0.05) is 23.2 Å². The molecule has 2 nitrogen and oxygen atoms in total.